The van der Waals surface area contributed by atoms with E-state index in [1.54, 1.807) is 0 Å². The molecule has 0 aliphatic heterocycles. The highest BCUT2D eigenvalue weighted by Crippen LogP contribution is 2.15. The first-order chi connectivity index (χ1) is 7.58. The molecule has 0 aliphatic carbocycles. The van der Waals surface area contributed by atoms with Gasteiger partial charge >= 0.3 is 5.97 Å². The van der Waals surface area contributed by atoms with Gasteiger partial charge in [0.1, 0.15) is 11.8 Å². The summed E-state index contributed by atoms with van der Waals surface area (Å²) in [7, 11) is 0. The van der Waals surface area contributed by atoms with Gasteiger partial charge in [-0.25, -0.2) is 0 Å². The Morgan fingerprint density at radius 3 is 2.50 bits per heavy atom. The Morgan fingerprint density at radius 1 is 1.38 bits per heavy atom. The van der Waals surface area contributed by atoms with Crippen LogP contribution in [0.25, 0.3) is 0 Å². The zero-order valence-corrected chi connectivity index (χ0v) is 8.93. The van der Waals surface area contributed by atoms with Crippen LogP contribution in [-0.4, -0.2) is 22.9 Å². The fourth-order valence-electron chi connectivity index (χ4n) is 1.46. The fourth-order valence-corrected chi connectivity index (χ4v) is 1.46. The number of carbonyl (C=O) groups excluding carboxylic acids is 1. The Bertz CT molecular complexity index is 364. The quantitative estimate of drug-likeness (QED) is 0.702. The highest BCUT2D eigenvalue weighted by Gasteiger charge is 2.32. The third-order valence-electron chi connectivity index (χ3n) is 2.58. The largest absolute Gasteiger partial charge is 0.480 e. The van der Waals surface area contributed by atoms with Crippen LogP contribution in [-0.2, 0) is 16.0 Å². The molecular weight excluding hydrogens is 206 g/mol. The van der Waals surface area contributed by atoms with E-state index in [1.165, 1.54) is 0 Å². The van der Waals surface area contributed by atoms with Crippen LogP contribution in [0.1, 0.15) is 18.4 Å². The van der Waals surface area contributed by atoms with Crippen molar-refractivity contribution in [3.05, 3.63) is 35.9 Å². The molecule has 0 bridgehead atoms. The third-order valence-corrected chi connectivity index (χ3v) is 2.58. The summed E-state index contributed by atoms with van der Waals surface area (Å²) >= 11 is 0. The second-order valence-electron chi connectivity index (χ2n) is 3.82. The molecule has 0 saturated heterocycles. The monoisotopic (exact) mass is 221 g/mol. The van der Waals surface area contributed by atoms with Gasteiger partial charge in [-0.2, -0.15) is 0 Å². The number of carboxylic acid groups (broad SMARTS) is 1. The summed E-state index contributed by atoms with van der Waals surface area (Å²) in [6.07, 6.45) is 1.21. The van der Waals surface area contributed by atoms with Gasteiger partial charge in [-0.05, 0) is 18.4 Å². The minimum Gasteiger partial charge on any atom is -0.480 e. The lowest BCUT2D eigenvalue weighted by molar-refractivity contribution is -0.144. The zero-order valence-electron chi connectivity index (χ0n) is 8.93. The van der Waals surface area contributed by atoms with E-state index in [9.17, 15) is 9.59 Å². The molecule has 16 heavy (non-hydrogen) atoms. The summed E-state index contributed by atoms with van der Waals surface area (Å²) in [6, 6.07) is 9.47. The minimum absolute atomic E-state index is 0.158. The normalized spacial score (nSPS) is 14.1. The van der Waals surface area contributed by atoms with Gasteiger partial charge < -0.3 is 15.6 Å². The van der Waals surface area contributed by atoms with Crippen LogP contribution in [0.4, 0.5) is 0 Å². The number of hydrogen-bond acceptors (Lipinski definition) is 3. The second kappa shape index (κ2) is 5.42. The van der Waals surface area contributed by atoms with Crippen LogP contribution in [0, 0.1) is 0 Å². The number of aldehydes is 1. The smallest absolute Gasteiger partial charge is 0.324 e. The van der Waals surface area contributed by atoms with Crippen molar-refractivity contribution in [1.29, 1.82) is 0 Å². The van der Waals surface area contributed by atoms with Crippen molar-refractivity contribution in [3.8, 4) is 0 Å². The molecule has 0 spiro atoms. The molecule has 0 aromatic heterocycles. The molecule has 1 unspecified atom stereocenters. The van der Waals surface area contributed by atoms with E-state index in [0.29, 0.717) is 12.7 Å². The third kappa shape index (κ3) is 3.17. The predicted octanol–water partition coefficient (Wildman–Crippen LogP) is 0.990. The summed E-state index contributed by atoms with van der Waals surface area (Å²) in [6.45, 7) is 0. The van der Waals surface area contributed by atoms with E-state index >= 15 is 0 Å². The second-order valence-corrected chi connectivity index (χ2v) is 3.82. The molecule has 0 radical (unpaired) electrons. The van der Waals surface area contributed by atoms with Crippen molar-refractivity contribution in [2.75, 3.05) is 0 Å². The summed E-state index contributed by atoms with van der Waals surface area (Å²) < 4.78 is 0. The highest BCUT2D eigenvalue weighted by atomic mass is 16.4. The number of aryl methyl sites for hydroxylation is 1. The fraction of sp³-hybridized carbons (Fsp3) is 0.333. The zero-order chi connectivity index (χ0) is 12.0. The van der Waals surface area contributed by atoms with Crippen molar-refractivity contribution < 1.29 is 14.7 Å². The molecule has 0 heterocycles. The van der Waals surface area contributed by atoms with Crippen LogP contribution in [0.15, 0.2) is 30.3 Å². The topological polar surface area (TPSA) is 80.4 Å². The molecule has 0 amide bonds. The van der Waals surface area contributed by atoms with Crippen molar-refractivity contribution in [2.24, 2.45) is 5.73 Å². The van der Waals surface area contributed by atoms with Gasteiger partial charge in [-0.1, -0.05) is 30.3 Å². The van der Waals surface area contributed by atoms with E-state index in [2.05, 4.69) is 0 Å². The Kier molecular flexibility index (Phi) is 4.19. The van der Waals surface area contributed by atoms with E-state index in [-0.39, 0.29) is 12.8 Å². The first-order valence-electron chi connectivity index (χ1n) is 5.08. The van der Waals surface area contributed by atoms with Gasteiger partial charge in [0.2, 0.25) is 0 Å². The lowest BCUT2D eigenvalue weighted by Gasteiger charge is -2.21. The van der Waals surface area contributed by atoms with E-state index < -0.39 is 11.5 Å². The van der Waals surface area contributed by atoms with E-state index in [0.717, 1.165) is 5.56 Å². The highest BCUT2D eigenvalue weighted by molar-refractivity contribution is 5.81. The van der Waals surface area contributed by atoms with Crippen LogP contribution >= 0.6 is 0 Å². The molecule has 1 aromatic carbocycles. The van der Waals surface area contributed by atoms with Gasteiger partial charge in [0.15, 0.2) is 0 Å². The van der Waals surface area contributed by atoms with Crippen LogP contribution in [0.2, 0.25) is 0 Å². The maximum Gasteiger partial charge on any atom is 0.324 e. The maximum absolute atomic E-state index is 10.9. The van der Waals surface area contributed by atoms with Gasteiger partial charge in [-0.15, -0.1) is 0 Å². The summed E-state index contributed by atoms with van der Waals surface area (Å²) in [5.41, 5.74) is 5.24. The number of aliphatic carboxylic acids is 1. The first kappa shape index (κ1) is 12.4. The molecule has 0 aliphatic rings. The van der Waals surface area contributed by atoms with Gasteiger partial charge in [0.05, 0.1) is 0 Å². The van der Waals surface area contributed by atoms with Crippen LogP contribution in [0.3, 0.4) is 0 Å². The maximum atomic E-state index is 10.9. The molecule has 4 heteroatoms. The van der Waals surface area contributed by atoms with Crippen LogP contribution < -0.4 is 5.73 Å². The number of hydrogen-bond donors (Lipinski definition) is 2. The van der Waals surface area contributed by atoms with Crippen molar-refractivity contribution >= 4 is 12.3 Å². The van der Waals surface area contributed by atoms with Crippen LogP contribution in [0.5, 0.6) is 0 Å². The predicted molar refractivity (Wildman–Crippen MR) is 60.0 cm³/mol. The molecule has 1 rings (SSSR count). The molecule has 0 saturated carbocycles. The summed E-state index contributed by atoms with van der Waals surface area (Å²) in [5.74, 6) is -1.13. The lowest BCUT2D eigenvalue weighted by atomic mass is 9.90. The lowest BCUT2D eigenvalue weighted by Crippen LogP contribution is -2.48. The average Bonchev–Trinajstić information content (AvgIpc) is 2.28. The molecule has 4 nitrogen and oxygen atoms in total. The van der Waals surface area contributed by atoms with E-state index in [1.807, 2.05) is 30.3 Å². The van der Waals surface area contributed by atoms with Gasteiger partial charge in [0.25, 0.3) is 0 Å². The molecule has 86 valence electrons. The SMILES string of the molecule is NC(CC=O)(CCc1ccccc1)C(=O)O. The molecule has 0 fully saturated rings. The van der Waals surface area contributed by atoms with Crippen molar-refractivity contribution in [3.63, 3.8) is 0 Å². The Balaban J connectivity index is 2.64. The summed E-state index contributed by atoms with van der Waals surface area (Å²) in [4.78, 5) is 21.3. The molecular formula is C12H15NO3. The number of rotatable bonds is 6. The number of carbonyl (C=O) groups is 2. The first-order valence-corrected chi connectivity index (χ1v) is 5.08. The number of carboxylic acids is 1. The average molecular weight is 221 g/mol. The van der Waals surface area contributed by atoms with Gasteiger partial charge in [0, 0.05) is 6.42 Å². The Hall–Kier alpha value is -1.68. The molecule has 1 aromatic rings. The minimum atomic E-state index is -1.45. The Morgan fingerprint density at radius 2 is 2.00 bits per heavy atom. The summed E-state index contributed by atoms with van der Waals surface area (Å²) in [5, 5.41) is 8.96. The standard InChI is InChI=1S/C12H15NO3/c13-12(8-9-14,11(15)16)7-6-10-4-2-1-3-5-10/h1-5,9H,6-8,13H2,(H,15,16). The molecule has 1 atom stereocenters. The number of nitrogens with two attached hydrogens (primary N) is 1. The van der Waals surface area contributed by atoms with Crippen molar-refractivity contribution in [2.45, 2.75) is 24.8 Å². The van der Waals surface area contributed by atoms with E-state index in [4.69, 9.17) is 10.8 Å². The number of benzene rings is 1. The molecule has 3 N–H and O–H groups in total. The Labute approximate surface area is 94.1 Å². The van der Waals surface area contributed by atoms with Crippen molar-refractivity contribution in [1.82, 2.24) is 0 Å². The van der Waals surface area contributed by atoms with Gasteiger partial charge in [-0.3, -0.25) is 4.79 Å².